The third-order valence-electron chi connectivity index (χ3n) is 5.18. The van der Waals surface area contributed by atoms with E-state index in [9.17, 15) is 21.9 Å². The van der Waals surface area contributed by atoms with Gasteiger partial charge in [-0.15, -0.1) is 10.2 Å². The van der Waals surface area contributed by atoms with Crippen LogP contribution in [-0.2, 0) is 19.7 Å². The van der Waals surface area contributed by atoms with E-state index in [1.54, 1.807) is 24.3 Å². The smallest absolute Gasteiger partial charge is 0.214 e. The van der Waals surface area contributed by atoms with Crippen LogP contribution in [0.3, 0.4) is 0 Å². The molecule has 0 amide bonds. The lowest BCUT2D eigenvalue weighted by molar-refractivity contribution is 0.207. The van der Waals surface area contributed by atoms with E-state index in [2.05, 4.69) is 31.1 Å². The van der Waals surface area contributed by atoms with E-state index < -0.39 is 41.9 Å². The Kier molecular flexibility index (Phi) is 9.14. The largest absolute Gasteiger partial charge is 0.391 e. The Bertz CT molecular complexity index is 1430. The molecule has 1 unspecified atom stereocenters. The van der Waals surface area contributed by atoms with E-state index in [1.165, 1.54) is 9.36 Å². The standard InChI is InChI=1S/C21H24N8O5S4/c1-16(30)19(37(31,32)14-12-35-20-22-24-26-28(20)17-8-4-2-5-9-17)38(33,34)15-13-36-21-23-25-27-29(21)18-10-6-3-7-11-18/h2-11,16,19,30H,12-15H2,1H3. The van der Waals surface area contributed by atoms with Crippen LogP contribution in [0.5, 0.6) is 0 Å². The summed E-state index contributed by atoms with van der Waals surface area (Å²) in [7, 11) is -8.47. The first kappa shape index (κ1) is 28.2. The van der Waals surface area contributed by atoms with E-state index in [-0.39, 0.29) is 11.5 Å². The molecule has 2 aromatic carbocycles. The minimum absolute atomic E-state index is 0.00508. The summed E-state index contributed by atoms with van der Waals surface area (Å²) in [5.74, 6) is -0.995. The van der Waals surface area contributed by atoms with E-state index in [1.807, 2.05) is 36.4 Å². The zero-order valence-electron chi connectivity index (χ0n) is 20.0. The molecular formula is C21H24N8O5S4. The molecule has 17 heteroatoms. The molecule has 0 aliphatic carbocycles. The molecule has 2 heterocycles. The minimum Gasteiger partial charge on any atom is -0.391 e. The number of sulfone groups is 2. The van der Waals surface area contributed by atoms with E-state index in [4.69, 9.17) is 0 Å². The van der Waals surface area contributed by atoms with Crippen LogP contribution < -0.4 is 0 Å². The Hall–Kier alpha value is -2.86. The summed E-state index contributed by atoms with van der Waals surface area (Å²) in [4.78, 5) is 0. The molecule has 0 fully saturated rings. The number of hydrogen-bond donors (Lipinski definition) is 1. The van der Waals surface area contributed by atoms with Gasteiger partial charge in [0.05, 0.1) is 29.0 Å². The molecule has 1 atom stereocenters. The summed E-state index contributed by atoms with van der Waals surface area (Å²) in [6.45, 7) is 1.16. The molecule has 1 N–H and O–H groups in total. The number of benzene rings is 2. The molecule has 0 aliphatic rings. The van der Waals surface area contributed by atoms with Gasteiger partial charge in [0.15, 0.2) is 24.3 Å². The van der Waals surface area contributed by atoms with E-state index in [0.717, 1.165) is 30.4 Å². The summed E-state index contributed by atoms with van der Waals surface area (Å²) < 4.78 is 53.3. The zero-order chi connectivity index (χ0) is 27.2. The highest BCUT2D eigenvalue weighted by Crippen LogP contribution is 2.24. The molecule has 13 nitrogen and oxygen atoms in total. The molecule has 0 saturated carbocycles. The van der Waals surface area contributed by atoms with Gasteiger partial charge < -0.3 is 5.11 Å². The van der Waals surface area contributed by atoms with Crippen LogP contribution in [0.4, 0.5) is 0 Å². The van der Waals surface area contributed by atoms with Crippen molar-refractivity contribution in [2.75, 3.05) is 23.0 Å². The minimum atomic E-state index is -4.24. The number of para-hydroxylation sites is 2. The third kappa shape index (κ3) is 6.76. The highest BCUT2D eigenvalue weighted by molar-refractivity contribution is 8.10. The summed E-state index contributed by atoms with van der Waals surface area (Å²) >= 11 is 2.15. The first-order valence-corrected chi connectivity index (χ1v) is 16.6. The average Bonchev–Trinajstić information content (AvgIpc) is 3.54. The molecular weight excluding hydrogens is 573 g/mol. The molecule has 202 valence electrons. The van der Waals surface area contributed by atoms with Gasteiger partial charge in [-0.2, -0.15) is 9.36 Å². The molecule has 0 spiro atoms. The lowest BCUT2D eigenvalue weighted by atomic mass is 10.3. The molecule has 38 heavy (non-hydrogen) atoms. The van der Waals surface area contributed by atoms with Crippen LogP contribution in [0.25, 0.3) is 11.4 Å². The van der Waals surface area contributed by atoms with Crippen molar-refractivity contribution in [1.82, 2.24) is 40.4 Å². The van der Waals surface area contributed by atoms with Crippen LogP contribution in [0, 0.1) is 0 Å². The Labute approximate surface area is 227 Å². The fourth-order valence-electron chi connectivity index (χ4n) is 3.55. The molecule has 0 saturated heterocycles. The van der Waals surface area contributed by atoms with Gasteiger partial charge in [0.1, 0.15) is 0 Å². The van der Waals surface area contributed by atoms with Gasteiger partial charge in [-0.3, -0.25) is 0 Å². The Balaban J connectivity index is 1.39. The summed E-state index contributed by atoms with van der Waals surface area (Å²) in [5.41, 5.74) is 1.39. The maximum absolute atomic E-state index is 13.1. The Morgan fingerprint density at radius 2 is 1.13 bits per heavy atom. The maximum atomic E-state index is 13.1. The van der Waals surface area contributed by atoms with E-state index >= 15 is 0 Å². The summed E-state index contributed by atoms with van der Waals surface area (Å²) in [6, 6.07) is 18.1. The van der Waals surface area contributed by atoms with Crippen LogP contribution in [0.1, 0.15) is 6.92 Å². The second-order valence-electron chi connectivity index (χ2n) is 7.96. The number of hydrogen-bond acceptors (Lipinski definition) is 13. The molecule has 0 bridgehead atoms. The molecule has 0 aliphatic heterocycles. The Morgan fingerprint density at radius 1 is 0.737 bits per heavy atom. The van der Waals surface area contributed by atoms with Crippen molar-refractivity contribution < 1.29 is 21.9 Å². The number of rotatable bonds is 13. The van der Waals surface area contributed by atoms with Crippen molar-refractivity contribution >= 4 is 43.2 Å². The highest BCUT2D eigenvalue weighted by atomic mass is 32.3. The fraction of sp³-hybridized carbons (Fsp3) is 0.333. The zero-order valence-corrected chi connectivity index (χ0v) is 23.3. The van der Waals surface area contributed by atoms with Crippen LogP contribution >= 0.6 is 23.5 Å². The lowest BCUT2D eigenvalue weighted by Crippen LogP contribution is -2.42. The maximum Gasteiger partial charge on any atom is 0.214 e. The van der Waals surface area contributed by atoms with Crippen molar-refractivity contribution in [1.29, 1.82) is 0 Å². The Morgan fingerprint density at radius 3 is 1.50 bits per heavy atom. The molecule has 4 rings (SSSR count). The first-order chi connectivity index (χ1) is 18.2. The predicted molar refractivity (Wildman–Crippen MR) is 143 cm³/mol. The first-order valence-electron chi connectivity index (χ1n) is 11.2. The second kappa shape index (κ2) is 12.3. The highest BCUT2D eigenvalue weighted by Gasteiger charge is 2.41. The normalized spacial score (nSPS) is 13.1. The molecule has 4 aromatic rings. The van der Waals surface area contributed by atoms with Gasteiger partial charge in [-0.25, -0.2) is 16.8 Å². The van der Waals surface area contributed by atoms with Crippen molar-refractivity contribution in [3.63, 3.8) is 0 Å². The second-order valence-corrected chi connectivity index (χ2v) is 14.9. The van der Waals surface area contributed by atoms with Gasteiger partial charge in [0, 0.05) is 11.5 Å². The number of aliphatic hydroxyl groups is 1. The van der Waals surface area contributed by atoms with Crippen LogP contribution in [0.2, 0.25) is 0 Å². The lowest BCUT2D eigenvalue weighted by Gasteiger charge is -2.20. The quantitative estimate of drug-likeness (QED) is 0.217. The SMILES string of the molecule is CC(O)C(S(=O)(=O)CCSc1nnnn1-c1ccccc1)S(=O)(=O)CCSc1nnnn1-c1ccccc1. The van der Waals surface area contributed by atoms with Crippen molar-refractivity contribution in [2.24, 2.45) is 0 Å². The third-order valence-corrected chi connectivity index (χ3v) is 13.1. The predicted octanol–water partition coefficient (Wildman–Crippen LogP) is 1.06. The van der Waals surface area contributed by atoms with Gasteiger partial charge in [-0.1, -0.05) is 59.9 Å². The number of aromatic nitrogens is 8. The average molecular weight is 597 g/mol. The number of tetrazole rings is 2. The number of thioether (sulfide) groups is 2. The monoisotopic (exact) mass is 596 g/mol. The van der Waals surface area contributed by atoms with Crippen molar-refractivity contribution in [2.45, 2.75) is 27.9 Å². The van der Waals surface area contributed by atoms with Crippen LogP contribution in [-0.4, -0.2) is 96.1 Å². The number of aliphatic hydroxyl groups excluding tert-OH is 1. The van der Waals surface area contributed by atoms with Gasteiger partial charge >= 0.3 is 0 Å². The molecule has 0 radical (unpaired) electrons. The fourth-order valence-corrected chi connectivity index (χ4v) is 11.2. The van der Waals surface area contributed by atoms with Gasteiger partial charge in [0.25, 0.3) is 0 Å². The molecule has 2 aromatic heterocycles. The summed E-state index contributed by atoms with van der Waals surface area (Å²) in [6.07, 6.45) is -1.62. The van der Waals surface area contributed by atoms with Gasteiger partial charge in [0.2, 0.25) is 10.3 Å². The van der Waals surface area contributed by atoms with Crippen molar-refractivity contribution in [3.8, 4) is 11.4 Å². The van der Waals surface area contributed by atoms with Crippen LogP contribution in [0.15, 0.2) is 71.0 Å². The van der Waals surface area contributed by atoms with E-state index in [0.29, 0.717) is 21.7 Å². The van der Waals surface area contributed by atoms with Crippen molar-refractivity contribution in [3.05, 3.63) is 60.7 Å². The van der Waals surface area contributed by atoms with Gasteiger partial charge in [-0.05, 0) is 52.0 Å². The number of nitrogens with zero attached hydrogens (tertiary/aromatic N) is 8. The summed E-state index contributed by atoms with van der Waals surface area (Å²) in [5, 5.41) is 33.8. The topological polar surface area (TPSA) is 176 Å².